The molecule has 4 rings (SSSR count). The molecule has 142 valence electrons. The van der Waals surface area contributed by atoms with Gasteiger partial charge >= 0.3 is 0 Å². The smallest absolute Gasteiger partial charge is 0.229 e. The Kier molecular flexibility index (Phi) is 5.58. The predicted octanol–water partition coefficient (Wildman–Crippen LogP) is 5.28. The van der Waals surface area contributed by atoms with Gasteiger partial charge in [0, 0.05) is 27.9 Å². The zero-order valence-electron chi connectivity index (χ0n) is 15.3. The van der Waals surface area contributed by atoms with Gasteiger partial charge in [-0.2, -0.15) is 5.26 Å². The molecular formula is C21H18ClN3OS2. The van der Waals surface area contributed by atoms with Crippen molar-refractivity contribution in [3.8, 4) is 6.07 Å². The van der Waals surface area contributed by atoms with E-state index in [1.165, 1.54) is 16.7 Å². The first-order valence-corrected chi connectivity index (χ1v) is 11.4. The molecule has 4 nitrogen and oxygen atoms in total. The Hall–Kier alpha value is -2.07. The second-order valence-corrected chi connectivity index (χ2v) is 8.87. The first kappa shape index (κ1) is 19.3. The fourth-order valence-electron chi connectivity index (χ4n) is 3.52. The highest BCUT2D eigenvalue weighted by molar-refractivity contribution is 8.03. The van der Waals surface area contributed by atoms with Crippen LogP contribution in [0.4, 0.5) is 5.69 Å². The molecule has 1 saturated heterocycles. The van der Waals surface area contributed by atoms with Crippen LogP contribution in [0.3, 0.4) is 0 Å². The predicted molar refractivity (Wildman–Crippen MR) is 116 cm³/mol. The summed E-state index contributed by atoms with van der Waals surface area (Å²) in [5, 5.41) is 11.3. The van der Waals surface area contributed by atoms with Crippen molar-refractivity contribution in [3.05, 3.63) is 69.7 Å². The van der Waals surface area contributed by atoms with Crippen LogP contribution in [0.2, 0.25) is 5.02 Å². The van der Waals surface area contributed by atoms with E-state index >= 15 is 0 Å². The van der Waals surface area contributed by atoms with Gasteiger partial charge in [0.2, 0.25) is 5.91 Å². The molecule has 0 saturated carbocycles. The van der Waals surface area contributed by atoms with Crippen LogP contribution in [0.5, 0.6) is 0 Å². The van der Waals surface area contributed by atoms with E-state index in [4.69, 9.17) is 11.6 Å². The number of hydrogen-bond donors (Lipinski definition) is 0. The minimum Gasteiger partial charge on any atom is -0.344 e. The van der Waals surface area contributed by atoms with Gasteiger partial charge in [0.25, 0.3) is 0 Å². The summed E-state index contributed by atoms with van der Waals surface area (Å²) in [4.78, 5) is 18.0. The second-order valence-electron chi connectivity index (χ2n) is 6.62. The van der Waals surface area contributed by atoms with E-state index in [0.717, 1.165) is 16.3 Å². The number of nitrogens with zero attached hydrogens (tertiary/aromatic N) is 3. The summed E-state index contributed by atoms with van der Waals surface area (Å²) in [6, 6.07) is 18.2. The molecule has 0 N–H and O–H groups in total. The number of benzene rings is 2. The molecular weight excluding hydrogens is 410 g/mol. The summed E-state index contributed by atoms with van der Waals surface area (Å²) < 4.78 is 0. The molecule has 0 bridgehead atoms. The highest BCUT2D eigenvalue weighted by Crippen LogP contribution is 2.43. The van der Waals surface area contributed by atoms with Gasteiger partial charge in [-0.15, -0.1) is 11.8 Å². The highest BCUT2D eigenvalue weighted by atomic mass is 35.5. The van der Waals surface area contributed by atoms with E-state index < -0.39 is 0 Å². The van der Waals surface area contributed by atoms with Crippen molar-refractivity contribution in [2.24, 2.45) is 0 Å². The Labute approximate surface area is 178 Å². The van der Waals surface area contributed by atoms with Crippen LogP contribution < -0.4 is 4.90 Å². The molecule has 2 aliphatic rings. The van der Waals surface area contributed by atoms with Crippen LogP contribution in [-0.4, -0.2) is 29.6 Å². The Morgan fingerprint density at radius 3 is 2.71 bits per heavy atom. The molecule has 2 aliphatic heterocycles. The first-order valence-electron chi connectivity index (χ1n) is 8.82. The molecule has 1 amide bonds. The van der Waals surface area contributed by atoms with E-state index in [9.17, 15) is 10.1 Å². The van der Waals surface area contributed by atoms with Crippen molar-refractivity contribution < 1.29 is 4.79 Å². The highest BCUT2D eigenvalue weighted by Gasteiger charge is 2.38. The zero-order valence-corrected chi connectivity index (χ0v) is 17.7. The van der Waals surface area contributed by atoms with E-state index in [1.54, 1.807) is 16.7 Å². The maximum Gasteiger partial charge on any atom is 0.229 e. The molecule has 0 aliphatic carbocycles. The molecule has 28 heavy (non-hydrogen) atoms. The van der Waals surface area contributed by atoms with Crippen LogP contribution >= 0.6 is 35.1 Å². The third-order valence-electron chi connectivity index (χ3n) is 4.99. The topological polar surface area (TPSA) is 47.3 Å². The number of thioether (sulfide) groups is 2. The molecule has 7 heteroatoms. The number of halogens is 1. The maximum atomic E-state index is 13.0. The minimum atomic E-state index is -0.176. The summed E-state index contributed by atoms with van der Waals surface area (Å²) in [7, 11) is 0. The molecule has 2 heterocycles. The molecule has 1 fully saturated rings. The van der Waals surface area contributed by atoms with Crippen molar-refractivity contribution in [1.82, 2.24) is 4.90 Å². The third kappa shape index (κ3) is 3.62. The van der Waals surface area contributed by atoms with Gasteiger partial charge in [0.1, 0.15) is 0 Å². The number of hydrogen-bond acceptors (Lipinski definition) is 5. The number of carbonyl (C=O) groups is 1. The van der Waals surface area contributed by atoms with E-state index in [0.29, 0.717) is 29.6 Å². The van der Waals surface area contributed by atoms with E-state index in [-0.39, 0.29) is 11.8 Å². The number of nitriles is 1. The van der Waals surface area contributed by atoms with Gasteiger partial charge in [-0.3, -0.25) is 9.69 Å². The average Bonchev–Trinajstić information content (AvgIpc) is 2.73. The van der Waals surface area contributed by atoms with Crippen molar-refractivity contribution in [3.63, 3.8) is 0 Å². The van der Waals surface area contributed by atoms with Crippen LogP contribution in [0, 0.1) is 11.3 Å². The number of carbonyl (C=O) groups excluding carboxylic acids is 1. The van der Waals surface area contributed by atoms with Crippen molar-refractivity contribution in [2.45, 2.75) is 17.2 Å². The first-order chi connectivity index (χ1) is 13.6. The standard InChI is InChI=1S/C21H18ClN3OS2/c1-27-17-7-5-14(6-8-17)18-10-20(26)25-12-24(13-28-21(25)19(18)11-23)16-4-2-3-15(22)9-16/h2-9,18H,10,12-13H2,1H3. The lowest BCUT2D eigenvalue weighted by molar-refractivity contribution is -0.129. The lowest BCUT2D eigenvalue weighted by atomic mass is 9.86. The molecule has 0 aromatic heterocycles. The van der Waals surface area contributed by atoms with Gasteiger partial charge in [-0.05, 0) is 42.2 Å². The summed E-state index contributed by atoms with van der Waals surface area (Å²) in [5.41, 5.74) is 2.68. The molecule has 0 spiro atoms. The van der Waals surface area contributed by atoms with E-state index in [2.05, 4.69) is 11.0 Å². The zero-order chi connectivity index (χ0) is 19.7. The summed E-state index contributed by atoms with van der Waals surface area (Å²) in [5.74, 6) is 0.542. The fourth-order valence-corrected chi connectivity index (χ4v) is 5.28. The van der Waals surface area contributed by atoms with Gasteiger partial charge < -0.3 is 4.90 Å². The quantitative estimate of drug-likeness (QED) is 0.623. The number of allylic oxidation sites excluding steroid dienone is 1. The maximum absolute atomic E-state index is 13.0. The summed E-state index contributed by atoms with van der Waals surface area (Å²) in [6.45, 7) is 0.435. The lowest BCUT2D eigenvalue weighted by Crippen LogP contribution is -2.47. The fraction of sp³-hybridized carbons (Fsp3) is 0.238. The van der Waals surface area contributed by atoms with Crippen molar-refractivity contribution in [2.75, 3.05) is 23.7 Å². The number of amides is 1. The number of anilines is 1. The van der Waals surface area contributed by atoms with Crippen molar-refractivity contribution >= 4 is 46.7 Å². The van der Waals surface area contributed by atoms with E-state index in [1.807, 2.05) is 54.8 Å². The van der Waals surface area contributed by atoms with Gasteiger partial charge in [-0.1, -0.05) is 41.6 Å². The molecule has 2 aromatic rings. The van der Waals surface area contributed by atoms with Crippen LogP contribution in [0.25, 0.3) is 0 Å². The van der Waals surface area contributed by atoms with Crippen molar-refractivity contribution in [1.29, 1.82) is 5.26 Å². The van der Waals surface area contributed by atoms with Crippen LogP contribution in [0.1, 0.15) is 17.9 Å². The SMILES string of the molecule is CSc1ccc(C2CC(=O)N3CN(c4cccc(Cl)c4)CSC3=C2C#N)cc1. The molecule has 1 unspecified atom stereocenters. The Morgan fingerprint density at radius 2 is 2.04 bits per heavy atom. The van der Waals surface area contributed by atoms with Crippen LogP contribution in [0.15, 0.2) is 64.0 Å². The monoisotopic (exact) mass is 427 g/mol. The molecule has 2 aromatic carbocycles. The lowest BCUT2D eigenvalue weighted by Gasteiger charge is -2.42. The normalized spacial score (nSPS) is 19.5. The van der Waals surface area contributed by atoms with Crippen LogP contribution in [-0.2, 0) is 4.79 Å². The number of fused-ring (bicyclic) bond motifs is 1. The third-order valence-corrected chi connectivity index (χ3v) is 7.12. The largest absolute Gasteiger partial charge is 0.344 e. The van der Waals surface area contributed by atoms with Gasteiger partial charge in [-0.25, -0.2) is 0 Å². The Morgan fingerprint density at radius 1 is 1.25 bits per heavy atom. The second kappa shape index (κ2) is 8.12. The molecule has 1 atom stereocenters. The summed E-state index contributed by atoms with van der Waals surface area (Å²) in [6.07, 6.45) is 2.35. The molecule has 0 radical (unpaired) electrons. The summed E-state index contributed by atoms with van der Waals surface area (Å²) >= 11 is 9.33. The Bertz CT molecular complexity index is 984. The van der Waals surface area contributed by atoms with Gasteiger partial charge in [0.05, 0.1) is 29.2 Å². The number of rotatable bonds is 3. The minimum absolute atomic E-state index is 0.0483. The average molecular weight is 428 g/mol. The Balaban J connectivity index is 1.65. The van der Waals surface area contributed by atoms with Gasteiger partial charge in [0.15, 0.2) is 0 Å².